The number of likely N-dealkylation sites (N-methyl/N-ethyl adjacent to an activating group) is 1. The smallest absolute Gasteiger partial charge is 0.379 e. The van der Waals surface area contributed by atoms with Crippen molar-refractivity contribution in [2.45, 2.75) is 12.2 Å². The Bertz CT molecular complexity index is 621. The van der Waals surface area contributed by atoms with Gasteiger partial charge in [0, 0.05) is 18.5 Å². The van der Waals surface area contributed by atoms with Crippen molar-refractivity contribution < 1.29 is 22.7 Å². The molecule has 0 unspecified atom stereocenters. The maximum Gasteiger partial charge on any atom is 0.413 e. The highest BCUT2D eigenvalue weighted by atomic mass is 19.4. The van der Waals surface area contributed by atoms with E-state index < -0.39 is 34.5 Å². The first-order chi connectivity index (χ1) is 9.81. The molecular formula is C15H14F3NO2. The summed E-state index contributed by atoms with van der Waals surface area (Å²) in [5.41, 5.74) is -2.63. The lowest BCUT2D eigenvalue weighted by atomic mass is 9.57. The summed E-state index contributed by atoms with van der Waals surface area (Å²) in [6, 6.07) is -0.592. The van der Waals surface area contributed by atoms with Gasteiger partial charge < -0.3 is 9.64 Å². The van der Waals surface area contributed by atoms with Crippen molar-refractivity contribution in [3.63, 3.8) is 0 Å². The van der Waals surface area contributed by atoms with Gasteiger partial charge in [-0.05, 0) is 0 Å². The van der Waals surface area contributed by atoms with Crippen LogP contribution in [0.5, 0.6) is 0 Å². The summed E-state index contributed by atoms with van der Waals surface area (Å²) >= 11 is 0. The van der Waals surface area contributed by atoms with Gasteiger partial charge >= 0.3 is 6.18 Å². The first-order valence-electron chi connectivity index (χ1n) is 6.84. The van der Waals surface area contributed by atoms with Crippen molar-refractivity contribution >= 4 is 5.91 Å². The number of hydrogen-bond donors (Lipinski definition) is 0. The number of carbonyl (C=O) groups is 1. The third-order valence-corrected chi connectivity index (χ3v) is 5.30. The van der Waals surface area contributed by atoms with Gasteiger partial charge in [0.05, 0.1) is 24.7 Å². The number of ether oxygens (including phenoxy) is 1. The molecule has 0 aromatic rings. The van der Waals surface area contributed by atoms with Crippen molar-refractivity contribution in [3.8, 4) is 0 Å². The molecule has 7 rings (SSSR count). The van der Waals surface area contributed by atoms with Gasteiger partial charge in [-0.1, -0.05) is 30.4 Å². The molecule has 0 aromatic carbocycles. The molecular weight excluding hydrogens is 283 g/mol. The van der Waals surface area contributed by atoms with Crippen molar-refractivity contribution in [2.75, 3.05) is 20.3 Å². The van der Waals surface area contributed by atoms with Crippen LogP contribution in [0.3, 0.4) is 0 Å². The first kappa shape index (κ1) is 13.1. The lowest BCUT2D eigenvalue weighted by molar-refractivity contribution is -0.146. The van der Waals surface area contributed by atoms with Crippen molar-refractivity contribution in [2.24, 2.45) is 16.7 Å². The second-order valence-corrected chi connectivity index (χ2v) is 6.25. The van der Waals surface area contributed by atoms with Crippen LogP contribution in [0.25, 0.3) is 0 Å². The average Bonchev–Trinajstić information content (AvgIpc) is 2.71. The van der Waals surface area contributed by atoms with Gasteiger partial charge in [0.15, 0.2) is 0 Å². The number of amides is 1. The molecule has 3 nitrogen and oxygen atoms in total. The summed E-state index contributed by atoms with van der Waals surface area (Å²) in [6.45, 7) is 0.223. The molecule has 4 bridgehead atoms. The fourth-order valence-corrected chi connectivity index (χ4v) is 4.12. The monoisotopic (exact) mass is 297 g/mol. The summed E-state index contributed by atoms with van der Waals surface area (Å²) < 4.78 is 45.8. The maximum absolute atomic E-state index is 13.4. The molecule has 0 radical (unpaired) electrons. The summed E-state index contributed by atoms with van der Waals surface area (Å²) in [6.07, 6.45) is 3.70. The van der Waals surface area contributed by atoms with Crippen LogP contribution in [0.4, 0.5) is 13.2 Å². The van der Waals surface area contributed by atoms with E-state index in [4.69, 9.17) is 4.74 Å². The Kier molecular flexibility index (Phi) is 2.25. The predicted molar refractivity (Wildman–Crippen MR) is 68.2 cm³/mol. The highest BCUT2D eigenvalue weighted by Crippen LogP contribution is 2.58. The fourth-order valence-electron chi connectivity index (χ4n) is 4.12. The van der Waals surface area contributed by atoms with Gasteiger partial charge in [0.25, 0.3) is 0 Å². The molecule has 21 heavy (non-hydrogen) atoms. The molecule has 4 heterocycles. The lowest BCUT2D eigenvalue weighted by Crippen LogP contribution is -2.60. The zero-order valence-electron chi connectivity index (χ0n) is 11.4. The Labute approximate surface area is 119 Å². The molecule has 4 atom stereocenters. The number of hydrogen-bond acceptors (Lipinski definition) is 2. The van der Waals surface area contributed by atoms with Gasteiger partial charge in [-0.15, -0.1) is 0 Å². The van der Waals surface area contributed by atoms with E-state index in [0.29, 0.717) is 0 Å². The fraction of sp³-hybridized carbons (Fsp3) is 0.533. The highest BCUT2D eigenvalue weighted by molar-refractivity contribution is 5.89. The first-order valence-corrected chi connectivity index (χ1v) is 6.84. The van der Waals surface area contributed by atoms with Gasteiger partial charge in [-0.2, -0.15) is 13.2 Å². The topological polar surface area (TPSA) is 29.5 Å². The maximum atomic E-state index is 13.4. The minimum Gasteiger partial charge on any atom is -0.379 e. The molecule has 112 valence electrons. The van der Waals surface area contributed by atoms with Crippen LogP contribution in [0.2, 0.25) is 0 Å². The highest BCUT2D eigenvalue weighted by Gasteiger charge is 2.64. The van der Waals surface area contributed by atoms with E-state index in [-0.39, 0.29) is 19.1 Å². The summed E-state index contributed by atoms with van der Waals surface area (Å²) in [5.74, 6) is -1.00. The zero-order chi connectivity index (χ0) is 15.0. The Morgan fingerprint density at radius 1 is 1.29 bits per heavy atom. The standard InChI is InChI=1S/C15H14F3NO2/c1-19-11-3-5-14(12(19)20)8-21-7-13(14)4-2-9(11)10(6-13)15(16,17)18/h2-6,9,11H,7-8H2,1H3/t9-,11+,13+,14-/m0/s1. The van der Waals surface area contributed by atoms with Crippen LogP contribution >= 0.6 is 0 Å². The summed E-state index contributed by atoms with van der Waals surface area (Å²) in [7, 11) is 1.58. The minimum atomic E-state index is -4.40. The van der Waals surface area contributed by atoms with Gasteiger partial charge in [-0.3, -0.25) is 4.79 Å². The Morgan fingerprint density at radius 3 is 2.76 bits per heavy atom. The van der Waals surface area contributed by atoms with Crippen LogP contribution in [0.1, 0.15) is 0 Å². The van der Waals surface area contributed by atoms with E-state index in [1.807, 2.05) is 0 Å². The molecule has 1 amide bonds. The number of alkyl halides is 3. The second-order valence-electron chi connectivity index (χ2n) is 6.25. The van der Waals surface area contributed by atoms with Crippen LogP contribution in [-0.2, 0) is 9.53 Å². The molecule has 0 saturated carbocycles. The molecule has 7 aliphatic rings. The van der Waals surface area contributed by atoms with Crippen molar-refractivity contribution in [1.82, 2.24) is 4.90 Å². The van der Waals surface area contributed by atoms with E-state index in [1.165, 1.54) is 11.0 Å². The lowest BCUT2D eigenvalue weighted by Gasteiger charge is -2.51. The van der Waals surface area contributed by atoms with Gasteiger partial charge in [0.2, 0.25) is 5.91 Å². The van der Waals surface area contributed by atoms with E-state index in [2.05, 4.69) is 0 Å². The largest absolute Gasteiger partial charge is 0.413 e. The summed E-state index contributed by atoms with van der Waals surface area (Å²) in [4.78, 5) is 14.2. The van der Waals surface area contributed by atoms with Crippen LogP contribution < -0.4 is 0 Å². The van der Waals surface area contributed by atoms with Crippen LogP contribution in [0.15, 0.2) is 36.0 Å². The van der Waals surface area contributed by atoms with Crippen LogP contribution in [0, 0.1) is 16.7 Å². The van der Waals surface area contributed by atoms with Crippen molar-refractivity contribution in [1.29, 1.82) is 0 Å². The quantitative estimate of drug-likeness (QED) is 0.641. The van der Waals surface area contributed by atoms with Gasteiger partial charge in [0.1, 0.15) is 5.41 Å². The predicted octanol–water partition coefficient (Wildman–Crippen LogP) is 2.07. The van der Waals surface area contributed by atoms with E-state index in [0.717, 1.165) is 0 Å². The van der Waals surface area contributed by atoms with E-state index in [9.17, 15) is 18.0 Å². The Balaban J connectivity index is 2.02. The third kappa shape index (κ3) is 1.36. The molecule has 1 saturated heterocycles. The SMILES string of the molecule is CN1C(=O)[C@@]23C=C[C@@H]1[C@H]1C=C[C@@]2(C=C1C(F)(F)F)COC3. The Hall–Kier alpha value is -1.56. The normalized spacial score (nSPS) is 43.9. The molecule has 3 aliphatic carbocycles. The molecule has 6 heteroatoms. The summed E-state index contributed by atoms with van der Waals surface area (Å²) in [5, 5.41) is 0. The number of nitrogens with zero attached hydrogens (tertiary/aromatic N) is 1. The van der Waals surface area contributed by atoms with Crippen LogP contribution in [-0.4, -0.2) is 43.3 Å². The van der Waals surface area contributed by atoms with Gasteiger partial charge in [-0.25, -0.2) is 0 Å². The van der Waals surface area contributed by atoms with Crippen molar-refractivity contribution in [3.05, 3.63) is 36.0 Å². The number of halogens is 3. The molecule has 1 fully saturated rings. The minimum absolute atomic E-state index is 0.102. The third-order valence-electron chi connectivity index (χ3n) is 5.30. The molecule has 2 spiro atoms. The number of rotatable bonds is 0. The molecule has 0 N–H and O–H groups in total. The average molecular weight is 297 g/mol. The van der Waals surface area contributed by atoms with E-state index in [1.54, 1.807) is 31.4 Å². The molecule has 0 aromatic heterocycles. The second kappa shape index (κ2) is 3.61. The molecule has 4 aliphatic heterocycles. The zero-order valence-corrected chi connectivity index (χ0v) is 11.4. The number of carbonyl (C=O) groups excluding carboxylic acids is 1. The Morgan fingerprint density at radius 2 is 2.05 bits per heavy atom. The van der Waals surface area contributed by atoms with E-state index >= 15 is 0 Å².